The molecule has 0 aliphatic heterocycles. The van der Waals surface area contributed by atoms with E-state index in [1.54, 1.807) is 36.0 Å². The van der Waals surface area contributed by atoms with Crippen molar-refractivity contribution >= 4 is 17.5 Å². The molecule has 0 aliphatic rings. The van der Waals surface area contributed by atoms with Gasteiger partial charge in [0.1, 0.15) is 5.75 Å². The Morgan fingerprint density at radius 2 is 1.83 bits per heavy atom. The SMILES string of the molecule is CCN(CC)CCSCC(=O)c1ccc(O)cc1. The van der Waals surface area contributed by atoms with Crippen LogP contribution in [0.4, 0.5) is 0 Å². The lowest BCUT2D eigenvalue weighted by molar-refractivity contribution is 0.102. The highest BCUT2D eigenvalue weighted by atomic mass is 32.2. The summed E-state index contributed by atoms with van der Waals surface area (Å²) in [5.41, 5.74) is 0.670. The monoisotopic (exact) mass is 267 g/mol. The molecule has 0 aromatic heterocycles. The number of phenols is 1. The second-order valence-electron chi connectivity index (χ2n) is 4.05. The Bertz CT molecular complexity index is 361. The van der Waals surface area contributed by atoms with Gasteiger partial charge in [0.2, 0.25) is 0 Å². The van der Waals surface area contributed by atoms with E-state index in [1.807, 2.05) is 0 Å². The largest absolute Gasteiger partial charge is 0.508 e. The Morgan fingerprint density at radius 1 is 1.22 bits per heavy atom. The molecule has 100 valence electrons. The van der Waals surface area contributed by atoms with Crippen molar-refractivity contribution in [3.05, 3.63) is 29.8 Å². The highest BCUT2D eigenvalue weighted by molar-refractivity contribution is 8.00. The zero-order chi connectivity index (χ0) is 13.4. The van der Waals surface area contributed by atoms with Crippen LogP contribution in [0, 0.1) is 0 Å². The van der Waals surface area contributed by atoms with Gasteiger partial charge in [0, 0.05) is 17.9 Å². The molecular weight excluding hydrogens is 246 g/mol. The third-order valence-electron chi connectivity index (χ3n) is 2.87. The molecule has 0 unspecified atom stereocenters. The van der Waals surface area contributed by atoms with E-state index in [2.05, 4.69) is 18.7 Å². The normalized spacial score (nSPS) is 10.8. The van der Waals surface area contributed by atoms with Crippen molar-refractivity contribution in [2.45, 2.75) is 13.8 Å². The number of phenolic OH excluding ortho intramolecular Hbond substituents is 1. The summed E-state index contributed by atoms with van der Waals surface area (Å²) >= 11 is 1.67. The number of nitrogens with zero attached hydrogens (tertiary/aromatic N) is 1. The predicted molar refractivity (Wildman–Crippen MR) is 77.6 cm³/mol. The third-order valence-corrected chi connectivity index (χ3v) is 3.81. The highest BCUT2D eigenvalue weighted by Gasteiger charge is 2.06. The Labute approximate surface area is 113 Å². The predicted octanol–water partition coefficient (Wildman–Crippen LogP) is 2.65. The van der Waals surface area contributed by atoms with Crippen molar-refractivity contribution < 1.29 is 9.90 Å². The molecule has 3 nitrogen and oxygen atoms in total. The Morgan fingerprint density at radius 3 is 2.39 bits per heavy atom. The minimum absolute atomic E-state index is 0.125. The van der Waals surface area contributed by atoms with Gasteiger partial charge in [0.25, 0.3) is 0 Å². The van der Waals surface area contributed by atoms with Gasteiger partial charge in [-0.1, -0.05) is 13.8 Å². The van der Waals surface area contributed by atoms with Gasteiger partial charge in [-0.25, -0.2) is 0 Å². The molecule has 1 aromatic rings. The fourth-order valence-corrected chi connectivity index (χ4v) is 2.51. The summed E-state index contributed by atoms with van der Waals surface area (Å²) in [5, 5.41) is 9.15. The number of thioether (sulfide) groups is 1. The minimum atomic E-state index is 0.125. The van der Waals surface area contributed by atoms with Crippen molar-refractivity contribution in [1.82, 2.24) is 4.90 Å². The number of aromatic hydroxyl groups is 1. The van der Waals surface area contributed by atoms with E-state index in [1.165, 1.54) is 0 Å². The zero-order valence-corrected chi connectivity index (χ0v) is 11.9. The molecule has 1 N–H and O–H groups in total. The van der Waals surface area contributed by atoms with Crippen molar-refractivity contribution in [1.29, 1.82) is 0 Å². The van der Waals surface area contributed by atoms with Crippen LogP contribution in [0.1, 0.15) is 24.2 Å². The van der Waals surface area contributed by atoms with E-state index in [-0.39, 0.29) is 11.5 Å². The molecule has 0 fully saturated rings. The molecule has 0 bridgehead atoms. The van der Waals surface area contributed by atoms with Gasteiger partial charge in [-0.05, 0) is 37.4 Å². The van der Waals surface area contributed by atoms with Crippen molar-refractivity contribution in [3.63, 3.8) is 0 Å². The standard InChI is InChI=1S/C14H21NO2S/c1-3-15(4-2)9-10-18-11-14(17)12-5-7-13(16)8-6-12/h5-8,16H,3-4,9-11H2,1-2H3. The van der Waals surface area contributed by atoms with Crippen molar-refractivity contribution in [3.8, 4) is 5.75 Å². The van der Waals surface area contributed by atoms with E-state index in [0.29, 0.717) is 11.3 Å². The van der Waals surface area contributed by atoms with Gasteiger partial charge < -0.3 is 10.0 Å². The Hall–Kier alpha value is -1.00. The van der Waals surface area contributed by atoms with E-state index >= 15 is 0 Å². The summed E-state index contributed by atoms with van der Waals surface area (Å²) in [7, 11) is 0. The van der Waals surface area contributed by atoms with Gasteiger partial charge in [-0.3, -0.25) is 4.79 Å². The Kier molecular flexibility index (Phi) is 6.83. The quantitative estimate of drug-likeness (QED) is 0.581. The second kappa shape index (κ2) is 8.16. The average molecular weight is 267 g/mol. The molecule has 0 amide bonds. The van der Waals surface area contributed by atoms with E-state index in [4.69, 9.17) is 5.11 Å². The summed E-state index contributed by atoms with van der Waals surface area (Å²) in [6.45, 7) is 7.44. The first-order chi connectivity index (χ1) is 8.67. The first-order valence-corrected chi connectivity index (χ1v) is 7.45. The minimum Gasteiger partial charge on any atom is -0.508 e. The summed E-state index contributed by atoms with van der Waals surface area (Å²) in [6, 6.07) is 6.44. The molecule has 1 aromatic carbocycles. The van der Waals surface area contributed by atoms with Crippen LogP contribution in [-0.2, 0) is 0 Å². The van der Waals surface area contributed by atoms with Crippen LogP contribution < -0.4 is 0 Å². The number of ketones is 1. The van der Waals surface area contributed by atoms with Crippen molar-refractivity contribution in [2.24, 2.45) is 0 Å². The third kappa shape index (κ3) is 5.10. The number of carbonyl (C=O) groups is 1. The molecule has 4 heteroatoms. The molecule has 1 rings (SSSR count). The summed E-state index contributed by atoms with van der Waals surface area (Å²) in [4.78, 5) is 14.2. The smallest absolute Gasteiger partial charge is 0.172 e. The first kappa shape index (κ1) is 15.1. The average Bonchev–Trinajstić information content (AvgIpc) is 2.39. The van der Waals surface area contributed by atoms with E-state index < -0.39 is 0 Å². The lowest BCUT2D eigenvalue weighted by Crippen LogP contribution is -2.25. The topological polar surface area (TPSA) is 40.5 Å². The number of carbonyl (C=O) groups excluding carboxylic acids is 1. The highest BCUT2D eigenvalue weighted by Crippen LogP contribution is 2.12. The molecule has 0 spiro atoms. The molecule has 0 aliphatic carbocycles. The second-order valence-corrected chi connectivity index (χ2v) is 5.15. The molecule has 0 atom stereocenters. The van der Waals surface area contributed by atoms with Crippen LogP contribution in [0.3, 0.4) is 0 Å². The molecule has 0 saturated carbocycles. The van der Waals surface area contributed by atoms with Gasteiger partial charge in [-0.15, -0.1) is 0 Å². The summed E-state index contributed by atoms with van der Waals surface area (Å²) < 4.78 is 0. The number of benzene rings is 1. The zero-order valence-electron chi connectivity index (χ0n) is 11.1. The number of hydrogen-bond donors (Lipinski definition) is 1. The summed E-state index contributed by atoms with van der Waals surface area (Å²) in [5.74, 6) is 1.80. The van der Waals surface area contributed by atoms with E-state index in [9.17, 15) is 4.79 Å². The maximum absolute atomic E-state index is 11.8. The lowest BCUT2D eigenvalue weighted by Gasteiger charge is -2.17. The lowest BCUT2D eigenvalue weighted by atomic mass is 10.1. The molecule has 0 radical (unpaired) electrons. The number of Topliss-reactive ketones (excluding diaryl/α,β-unsaturated/α-hetero) is 1. The summed E-state index contributed by atoms with van der Waals surface area (Å²) in [6.07, 6.45) is 0. The molecule has 0 saturated heterocycles. The van der Waals surface area contributed by atoms with Crippen LogP contribution in [0.25, 0.3) is 0 Å². The fraction of sp³-hybridized carbons (Fsp3) is 0.500. The maximum Gasteiger partial charge on any atom is 0.172 e. The van der Waals surface area contributed by atoms with Gasteiger partial charge in [0.15, 0.2) is 5.78 Å². The van der Waals surface area contributed by atoms with Crippen LogP contribution in [0.2, 0.25) is 0 Å². The van der Waals surface area contributed by atoms with E-state index in [0.717, 1.165) is 25.4 Å². The van der Waals surface area contributed by atoms with Crippen molar-refractivity contribution in [2.75, 3.05) is 31.1 Å². The molecular formula is C14H21NO2S. The van der Waals surface area contributed by atoms with Crippen LogP contribution in [0.5, 0.6) is 5.75 Å². The number of hydrogen-bond acceptors (Lipinski definition) is 4. The van der Waals surface area contributed by atoms with Crippen LogP contribution >= 0.6 is 11.8 Å². The molecule has 18 heavy (non-hydrogen) atoms. The van der Waals surface area contributed by atoms with Crippen LogP contribution in [-0.4, -0.2) is 46.9 Å². The van der Waals surface area contributed by atoms with Gasteiger partial charge in [0.05, 0.1) is 5.75 Å². The fourth-order valence-electron chi connectivity index (χ4n) is 1.63. The van der Waals surface area contributed by atoms with Gasteiger partial charge >= 0.3 is 0 Å². The molecule has 0 heterocycles. The number of rotatable bonds is 8. The van der Waals surface area contributed by atoms with Crippen LogP contribution in [0.15, 0.2) is 24.3 Å². The Balaban J connectivity index is 2.27. The maximum atomic E-state index is 11.8. The first-order valence-electron chi connectivity index (χ1n) is 6.29. The van der Waals surface area contributed by atoms with Gasteiger partial charge in [-0.2, -0.15) is 11.8 Å².